The number of aryl methyl sites for hydroxylation is 1. The molecule has 7 nitrogen and oxygen atoms in total. The number of nitrogens with zero attached hydrogens (tertiary/aromatic N) is 1. The lowest BCUT2D eigenvalue weighted by Crippen LogP contribution is -2.48. The van der Waals surface area contributed by atoms with E-state index in [1.54, 1.807) is 13.8 Å². The molecule has 0 aliphatic carbocycles. The highest BCUT2D eigenvalue weighted by Gasteiger charge is 2.27. The maximum Gasteiger partial charge on any atom is 0.287 e. The van der Waals surface area contributed by atoms with E-state index in [0.29, 0.717) is 0 Å². The van der Waals surface area contributed by atoms with Gasteiger partial charge in [-0.3, -0.25) is 4.79 Å². The van der Waals surface area contributed by atoms with E-state index in [9.17, 15) is 13.2 Å². The average Bonchev–Trinajstić information content (AvgIpc) is 2.71. The zero-order valence-electron chi connectivity index (χ0n) is 12.4. The number of hydrogen-bond donors (Lipinski definition) is 2. The van der Waals surface area contributed by atoms with E-state index in [0.717, 1.165) is 4.31 Å². The van der Waals surface area contributed by atoms with Crippen LogP contribution in [0.4, 0.5) is 0 Å². The normalized spacial score (nSPS) is 12.8. The molecule has 0 atom stereocenters. The highest BCUT2D eigenvalue weighted by Crippen LogP contribution is 2.22. The predicted octanol–water partition coefficient (Wildman–Crippen LogP) is 0.305. The number of nitrogens with one attached hydrogen (secondary N) is 1. The van der Waals surface area contributed by atoms with Crippen molar-refractivity contribution in [1.82, 2.24) is 9.62 Å². The number of carbonyl (C=O) groups excluding carboxylic acids is 1. The predicted molar refractivity (Wildman–Crippen MR) is 74.9 cm³/mol. The van der Waals surface area contributed by atoms with Gasteiger partial charge in [0.2, 0.25) is 10.0 Å². The first-order valence-corrected chi connectivity index (χ1v) is 7.51. The number of rotatable bonds is 5. The zero-order chi connectivity index (χ0) is 15.7. The minimum absolute atomic E-state index is 0.0156. The van der Waals surface area contributed by atoms with Crippen molar-refractivity contribution in [2.75, 3.05) is 20.6 Å². The summed E-state index contributed by atoms with van der Waals surface area (Å²) in [4.78, 5) is 12.0. The van der Waals surface area contributed by atoms with E-state index >= 15 is 0 Å². The van der Waals surface area contributed by atoms with Gasteiger partial charge in [-0.25, -0.2) is 12.7 Å². The fourth-order valence-corrected chi connectivity index (χ4v) is 2.50. The Morgan fingerprint density at radius 3 is 2.45 bits per heavy atom. The van der Waals surface area contributed by atoms with Gasteiger partial charge in [0.1, 0.15) is 10.7 Å². The molecule has 1 aromatic heterocycles. The Morgan fingerprint density at radius 1 is 1.45 bits per heavy atom. The van der Waals surface area contributed by atoms with E-state index in [1.807, 2.05) is 0 Å². The van der Waals surface area contributed by atoms with E-state index in [1.165, 1.54) is 27.1 Å². The maximum absolute atomic E-state index is 12.0. The van der Waals surface area contributed by atoms with Crippen molar-refractivity contribution >= 4 is 15.9 Å². The summed E-state index contributed by atoms with van der Waals surface area (Å²) in [6.45, 7) is 5.28. The molecule has 0 aliphatic heterocycles. The summed E-state index contributed by atoms with van der Waals surface area (Å²) in [6, 6.07) is 1.23. The van der Waals surface area contributed by atoms with Crippen LogP contribution < -0.4 is 11.1 Å². The minimum Gasteiger partial charge on any atom is -0.455 e. The molecule has 0 spiro atoms. The first-order chi connectivity index (χ1) is 9.01. The van der Waals surface area contributed by atoms with Crippen LogP contribution in [0.15, 0.2) is 15.4 Å². The molecule has 114 valence electrons. The van der Waals surface area contributed by atoms with Crippen molar-refractivity contribution in [2.45, 2.75) is 31.2 Å². The largest absolute Gasteiger partial charge is 0.455 e. The zero-order valence-corrected chi connectivity index (χ0v) is 13.2. The molecule has 0 saturated heterocycles. The fourth-order valence-electron chi connectivity index (χ4n) is 1.45. The Morgan fingerprint density at radius 2 is 2.00 bits per heavy atom. The second-order valence-electron chi connectivity index (χ2n) is 5.36. The van der Waals surface area contributed by atoms with E-state index in [4.69, 9.17) is 10.2 Å². The lowest BCUT2D eigenvalue weighted by molar-refractivity contribution is 0.0886. The van der Waals surface area contributed by atoms with E-state index in [2.05, 4.69) is 5.32 Å². The topological polar surface area (TPSA) is 106 Å². The van der Waals surface area contributed by atoms with Gasteiger partial charge in [0.05, 0.1) is 0 Å². The summed E-state index contributed by atoms with van der Waals surface area (Å²) in [5.41, 5.74) is 4.93. The summed E-state index contributed by atoms with van der Waals surface area (Å²) < 4.78 is 30.4. The SMILES string of the molecule is Cc1oc(C(=O)NC(C)(C)CN)cc1S(=O)(=O)N(C)C. The van der Waals surface area contributed by atoms with Crippen molar-refractivity contribution in [2.24, 2.45) is 5.73 Å². The monoisotopic (exact) mass is 303 g/mol. The van der Waals surface area contributed by atoms with Crippen molar-refractivity contribution in [3.8, 4) is 0 Å². The molecule has 0 unspecified atom stereocenters. The van der Waals surface area contributed by atoms with Gasteiger partial charge in [-0.2, -0.15) is 0 Å². The lowest BCUT2D eigenvalue weighted by Gasteiger charge is -2.23. The number of amides is 1. The third-order valence-electron chi connectivity index (χ3n) is 2.82. The molecule has 1 aromatic rings. The number of hydrogen-bond acceptors (Lipinski definition) is 5. The van der Waals surface area contributed by atoms with Crippen LogP contribution in [-0.2, 0) is 10.0 Å². The lowest BCUT2D eigenvalue weighted by atomic mass is 10.1. The summed E-state index contributed by atoms with van der Waals surface area (Å²) in [5, 5.41) is 2.68. The smallest absolute Gasteiger partial charge is 0.287 e. The molecular weight excluding hydrogens is 282 g/mol. The quantitative estimate of drug-likeness (QED) is 0.814. The molecule has 0 fully saturated rings. The summed E-state index contributed by atoms with van der Waals surface area (Å²) >= 11 is 0. The first kappa shape index (κ1) is 16.7. The molecule has 1 rings (SSSR count). The van der Waals surface area contributed by atoms with Crippen molar-refractivity contribution in [3.05, 3.63) is 17.6 Å². The molecule has 1 heterocycles. The fraction of sp³-hybridized carbons (Fsp3) is 0.583. The number of nitrogens with two attached hydrogens (primary N) is 1. The van der Waals surface area contributed by atoms with Gasteiger partial charge in [0.15, 0.2) is 5.76 Å². The van der Waals surface area contributed by atoms with Crippen LogP contribution in [0.5, 0.6) is 0 Å². The van der Waals surface area contributed by atoms with Crippen molar-refractivity contribution in [3.63, 3.8) is 0 Å². The Kier molecular flexibility index (Phi) is 4.62. The van der Waals surface area contributed by atoms with Gasteiger partial charge in [-0.05, 0) is 20.8 Å². The van der Waals surface area contributed by atoms with Gasteiger partial charge < -0.3 is 15.5 Å². The Labute approximate surface area is 119 Å². The Balaban J connectivity index is 3.11. The molecular formula is C12H21N3O4S. The van der Waals surface area contributed by atoms with Crippen LogP contribution in [0.2, 0.25) is 0 Å². The Hall–Kier alpha value is -1.38. The molecule has 0 aromatic carbocycles. The van der Waals surface area contributed by atoms with Gasteiger partial charge in [0.25, 0.3) is 5.91 Å². The van der Waals surface area contributed by atoms with E-state index in [-0.39, 0.29) is 23.0 Å². The van der Waals surface area contributed by atoms with Crippen LogP contribution in [0.25, 0.3) is 0 Å². The van der Waals surface area contributed by atoms with Gasteiger partial charge in [-0.15, -0.1) is 0 Å². The van der Waals surface area contributed by atoms with Gasteiger partial charge in [-0.1, -0.05) is 0 Å². The number of furan rings is 1. The van der Waals surface area contributed by atoms with Crippen LogP contribution >= 0.6 is 0 Å². The molecule has 0 saturated carbocycles. The molecule has 8 heteroatoms. The van der Waals surface area contributed by atoms with Gasteiger partial charge in [0, 0.05) is 32.2 Å². The second kappa shape index (κ2) is 5.55. The van der Waals surface area contributed by atoms with Crippen LogP contribution in [0.3, 0.4) is 0 Å². The van der Waals surface area contributed by atoms with Gasteiger partial charge >= 0.3 is 0 Å². The summed E-state index contributed by atoms with van der Waals surface area (Å²) in [6.07, 6.45) is 0. The third kappa shape index (κ3) is 3.38. The van der Waals surface area contributed by atoms with E-state index < -0.39 is 21.5 Å². The minimum atomic E-state index is -3.63. The Bertz CT molecular complexity index is 602. The maximum atomic E-state index is 12.0. The molecule has 3 N–H and O–H groups in total. The van der Waals surface area contributed by atoms with Crippen LogP contribution in [-0.4, -0.2) is 44.8 Å². The molecule has 0 bridgehead atoms. The molecule has 0 radical (unpaired) electrons. The van der Waals surface area contributed by atoms with Crippen molar-refractivity contribution in [1.29, 1.82) is 0 Å². The molecule has 0 aliphatic rings. The first-order valence-electron chi connectivity index (χ1n) is 6.07. The molecule has 1 amide bonds. The average molecular weight is 303 g/mol. The number of sulfonamides is 1. The second-order valence-corrected chi connectivity index (χ2v) is 7.48. The highest BCUT2D eigenvalue weighted by molar-refractivity contribution is 7.89. The standard InChI is InChI=1S/C12H21N3O4S/c1-8-10(20(17,18)15(4)5)6-9(19-8)11(16)14-12(2,3)7-13/h6H,7,13H2,1-5H3,(H,14,16). The van der Waals surface area contributed by atoms with Crippen LogP contribution in [0.1, 0.15) is 30.2 Å². The summed E-state index contributed by atoms with van der Waals surface area (Å²) in [5.74, 6) is -0.373. The van der Waals surface area contributed by atoms with Crippen LogP contribution in [0, 0.1) is 6.92 Å². The molecule has 20 heavy (non-hydrogen) atoms. The number of carbonyl (C=O) groups is 1. The van der Waals surface area contributed by atoms with Crippen molar-refractivity contribution < 1.29 is 17.6 Å². The third-order valence-corrected chi connectivity index (χ3v) is 4.74. The highest BCUT2D eigenvalue weighted by atomic mass is 32.2. The summed E-state index contributed by atoms with van der Waals surface area (Å²) in [7, 11) is -0.803.